The van der Waals surface area contributed by atoms with Gasteiger partial charge in [0.2, 0.25) is 5.91 Å². The van der Waals surface area contributed by atoms with Gasteiger partial charge in [-0.25, -0.2) is 0 Å². The molecule has 0 aromatic heterocycles. The van der Waals surface area contributed by atoms with E-state index in [-0.39, 0.29) is 5.91 Å². The van der Waals surface area contributed by atoms with Crippen LogP contribution in [0.15, 0.2) is 0 Å². The minimum atomic E-state index is -0.0844. The van der Waals surface area contributed by atoms with Crippen molar-refractivity contribution in [2.45, 2.75) is 57.8 Å². The summed E-state index contributed by atoms with van der Waals surface area (Å²) in [5.41, 5.74) is 5.71. The van der Waals surface area contributed by atoms with E-state index in [0.29, 0.717) is 11.8 Å². The molecule has 2 fully saturated rings. The standard InChI is InChI=1S/C12H21NO/c13-11(14)9-12(7-3-4-8-12)10-5-1-2-6-10/h10H,1-9H2,(H2,13,14). The van der Waals surface area contributed by atoms with Gasteiger partial charge >= 0.3 is 0 Å². The monoisotopic (exact) mass is 195 g/mol. The van der Waals surface area contributed by atoms with Gasteiger partial charge in [-0.15, -0.1) is 0 Å². The summed E-state index contributed by atoms with van der Waals surface area (Å²) in [6.45, 7) is 0. The van der Waals surface area contributed by atoms with Crippen LogP contribution in [0, 0.1) is 11.3 Å². The predicted molar refractivity (Wildman–Crippen MR) is 56.7 cm³/mol. The Labute approximate surface area is 86.2 Å². The fraction of sp³-hybridized carbons (Fsp3) is 0.917. The van der Waals surface area contributed by atoms with Crippen molar-refractivity contribution < 1.29 is 4.79 Å². The van der Waals surface area contributed by atoms with Crippen LogP contribution in [0.3, 0.4) is 0 Å². The number of carbonyl (C=O) groups is 1. The third kappa shape index (κ3) is 1.79. The molecule has 80 valence electrons. The summed E-state index contributed by atoms with van der Waals surface area (Å²) in [5.74, 6) is 0.719. The number of primary amides is 1. The number of carbonyl (C=O) groups excluding carboxylic acids is 1. The van der Waals surface area contributed by atoms with Crippen molar-refractivity contribution in [1.29, 1.82) is 0 Å². The Morgan fingerprint density at radius 2 is 1.71 bits per heavy atom. The van der Waals surface area contributed by atoms with E-state index >= 15 is 0 Å². The number of rotatable bonds is 3. The summed E-state index contributed by atoms with van der Waals surface area (Å²) < 4.78 is 0. The summed E-state index contributed by atoms with van der Waals surface area (Å²) >= 11 is 0. The first-order chi connectivity index (χ1) is 6.73. The highest BCUT2D eigenvalue weighted by Gasteiger charge is 2.42. The minimum absolute atomic E-state index is 0.0844. The molecule has 2 nitrogen and oxygen atoms in total. The predicted octanol–water partition coefficient (Wildman–Crippen LogP) is 2.61. The van der Waals surface area contributed by atoms with Crippen LogP contribution in [0.1, 0.15) is 57.8 Å². The third-order valence-corrected chi connectivity index (χ3v) is 4.35. The minimum Gasteiger partial charge on any atom is -0.370 e. The van der Waals surface area contributed by atoms with E-state index in [1.807, 2.05) is 0 Å². The Morgan fingerprint density at radius 1 is 1.14 bits per heavy atom. The zero-order chi connectivity index (χ0) is 10.0. The average Bonchev–Trinajstić information content (AvgIpc) is 2.69. The van der Waals surface area contributed by atoms with Crippen molar-refractivity contribution in [1.82, 2.24) is 0 Å². The molecular formula is C12H21NO. The molecule has 0 aliphatic heterocycles. The van der Waals surface area contributed by atoms with E-state index in [1.165, 1.54) is 51.4 Å². The van der Waals surface area contributed by atoms with Crippen molar-refractivity contribution in [2.75, 3.05) is 0 Å². The molecule has 0 bridgehead atoms. The van der Waals surface area contributed by atoms with Crippen molar-refractivity contribution in [3.8, 4) is 0 Å². The Morgan fingerprint density at radius 3 is 2.21 bits per heavy atom. The van der Waals surface area contributed by atoms with Gasteiger partial charge in [0.1, 0.15) is 0 Å². The molecule has 2 heteroatoms. The molecule has 0 saturated heterocycles. The van der Waals surface area contributed by atoms with Crippen LogP contribution in [-0.4, -0.2) is 5.91 Å². The van der Waals surface area contributed by atoms with Crippen LogP contribution < -0.4 is 5.73 Å². The van der Waals surface area contributed by atoms with Gasteiger partial charge in [-0.05, 0) is 37.0 Å². The van der Waals surface area contributed by atoms with E-state index in [1.54, 1.807) is 0 Å². The first kappa shape index (κ1) is 10.0. The van der Waals surface area contributed by atoms with E-state index in [2.05, 4.69) is 0 Å². The number of hydrogen-bond acceptors (Lipinski definition) is 1. The van der Waals surface area contributed by atoms with Gasteiger partial charge in [-0.3, -0.25) is 4.79 Å². The highest BCUT2D eigenvalue weighted by Crippen LogP contribution is 2.52. The normalized spacial score (nSPS) is 26.9. The summed E-state index contributed by atoms with van der Waals surface area (Å²) in [6.07, 6.45) is 11.2. The molecule has 1 amide bonds. The van der Waals surface area contributed by atoms with Crippen molar-refractivity contribution in [3.05, 3.63) is 0 Å². The fourth-order valence-electron chi connectivity index (χ4n) is 3.69. The molecule has 0 spiro atoms. The molecule has 0 aromatic rings. The maximum absolute atomic E-state index is 11.1. The lowest BCUT2D eigenvalue weighted by Crippen LogP contribution is -2.31. The lowest BCUT2D eigenvalue weighted by Gasteiger charge is -2.34. The average molecular weight is 195 g/mol. The topological polar surface area (TPSA) is 43.1 Å². The van der Waals surface area contributed by atoms with Gasteiger partial charge in [-0.2, -0.15) is 0 Å². The van der Waals surface area contributed by atoms with Gasteiger partial charge in [0.05, 0.1) is 0 Å². The molecule has 0 atom stereocenters. The Kier molecular flexibility index (Phi) is 2.80. The number of nitrogens with two attached hydrogens (primary N) is 1. The van der Waals surface area contributed by atoms with E-state index in [9.17, 15) is 4.79 Å². The van der Waals surface area contributed by atoms with Crippen LogP contribution in [0.25, 0.3) is 0 Å². The largest absolute Gasteiger partial charge is 0.370 e. The molecule has 2 saturated carbocycles. The number of hydrogen-bond donors (Lipinski definition) is 1. The second-order valence-electron chi connectivity index (χ2n) is 5.19. The maximum Gasteiger partial charge on any atom is 0.217 e. The van der Waals surface area contributed by atoms with Gasteiger partial charge < -0.3 is 5.73 Å². The summed E-state index contributed by atoms with van der Waals surface area (Å²) in [5, 5.41) is 0. The summed E-state index contributed by atoms with van der Waals surface area (Å²) in [4.78, 5) is 11.1. The molecule has 2 N–H and O–H groups in total. The molecule has 0 unspecified atom stereocenters. The van der Waals surface area contributed by atoms with Gasteiger partial charge in [0.25, 0.3) is 0 Å². The lowest BCUT2D eigenvalue weighted by molar-refractivity contribution is -0.121. The number of amides is 1. The second-order valence-corrected chi connectivity index (χ2v) is 5.19. The van der Waals surface area contributed by atoms with Crippen LogP contribution >= 0.6 is 0 Å². The fourth-order valence-corrected chi connectivity index (χ4v) is 3.69. The van der Waals surface area contributed by atoms with Crippen LogP contribution in [-0.2, 0) is 4.79 Å². The quantitative estimate of drug-likeness (QED) is 0.739. The maximum atomic E-state index is 11.1. The SMILES string of the molecule is NC(=O)CC1(C2CCCC2)CCCC1. The first-order valence-electron chi connectivity index (χ1n) is 6.01. The zero-order valence-electron chi connectivity index (χ0n) is 8.93. The smallest absolute Gasteiger partial charge is 0.217 e. The molecule has 2 aliphatic rings. The van der Waals surface area contributed by atoms with E-state index < -0.39 is 0 Å². The molecule has 2 aliphatic carbocycles. The third-order valence-electron chi connectivity index (χ3n) is 4.35. The van der Waals surface area contributed by atoms with Crippen molar-refractivity contribution in [2.24, 2.45) is 17.1 Å². The van der Waals surface area contributed by atoms with Gasteiger partial charge in [0.15, 0.2) is 0 Å². The molecule has 0 radical (unpaired) electrons. The Bertz CT molecular complexity index is 212. The Balaban J connectivity index is 2.08. The molecule has 0 aromatic carbocycles. The molecule has 0 heterocycles. The Hall–Kier alpha value is -0.530. The van der Waals surface area contributed by atoms with Crippen LogP contribution in [0.5, 0.6) is 0 Å². The van der Waals surface area contributed by atoms with Gasteiger partial charge in [0, 0.05) is 6.42 Å². The van der Waals surface area contributed by atoms with Gasteiger partial charge in [-0.1, -0.05) is 25.7 Å². The van der Waals surface area contributed by atoms with Crippen molar-refractivity contribution in [3.63, 3.8) is 0 Å². The first-order valence-corrected chi connectivity index (χ1v) is 6.01. The lowest BCUT2D eigenvalue weighted by atomic mass is 9.70. The molecular weight excluding hydrogens is 174 g/mol. The van der Waals surface area contributed by atoms with Crippen LogP contribution in [0.2, 0.25) is 0 Å². The molecule has 14 heavy (non-hydrogen) atoms. The summed E-state index contributed by atoms with van der Waals surface area (Å²) in [6, 6.07) is 0. The highest BCUT2D eigenvalue weighted by atomic mass is 16.1. The highest BCUT2D eigenvalue weighted by molar-refractivity contribution is 5.74. The molecule has 2 rings (SSSR count). The summed E-state index contributed by atoms with van der Waals surface area (Å²) in [7, 11) is 0. The van der Waals surface area contributed by atoms with Crippen molar-refractivity contribution >= 4 is 5.91 Å². The van der Waals surface area contributed by atoms with Crippen LogP contribution in [0.4, 0.5) is 0 Å². The second kappa shape index (κ2) is 3.92. The zero-order valence-corrected chi connectivity index (χ0v) is 8.93. The van der Waals surface area contributed by atoms with E-state index in [0.717, 1.165) is 5.92 Å². The van der Waals surface area contributed by atoms with E-state index in [4.69, 9.17) is 5.73 Å².